The van der Waals surface area contributed by atoms with Crippen molar-refractivity contribution in [1.29, 1.82) is 0 Å². The summed E-state index contributed by atoms with van der Waals surface area (Å²) in [5.41, 5.74) is 3.63. The minimum Gasteiger partial charge on any atom is -0.396 e. The van der Waals surface area contributed by atoms with Crippen molar-refractivity contribution in [2.45, 2.75) is 45.4 Å². The third kappa shape index (κ3) is 6.67. The normalized spacial score (nSPS) is 15.5. The van der Waals surface area contributed by atoms with Gasteiger partial charge in [-0.05, 0) is 61.8 Å². The Hall–Kier alpha value is -2.20. The van der Waals surface area contributed by atoms with Crippen molar-refractivity contribution in [1.82, 2.24) is 0 Å². The number of benzene rings is 1. The second-order valence-corrected chi connectivity index (χ2v) is 6.27. The number of aliphatic hydroxyl groups excluding tert-OH is 1. The van der Waals surface area contributed by atoms with Gasteiger partial charge in [0.2, 0.25) is 0 Å². The number of unbranched alkanes of at least 4 members (excludes halogenated alkanes) is 3. The number of carbonyl (C=O) groups is 1. The Labute approximate surface area is 150 Å². The molecular weight excluding hydrogens is 312 g/mol. The van der Waals surface area contributed by atoms with E-state index in [1.54, 1.807) is 12.2 Å². The van der Waals surface area contributed by atoms with Crippen LogP contribution in [0.3, 0.4) is 0 Å². The van der Waals surface area contributed by atoms with E-state index < -0.39 is 0 Å². The molecule has 134 valence electrons. The number of rotatable bonds is 10. The second-order valence-electron chi connectivity index (χ2n) is 6.27. The summed E-state index contributed by atoms with van der Waals surface area (Å²) in [5, 5.41) is 12.1. The van der Waals surface area contributed by atoms with Crippen molar-refractivity contribution >= 4 is 22.9 Å². The zero-order chi connectivity index (χ0) is 17.9. The maximum Gasteiger partial charge on any atom is 0.181 e. The Bertz CT molecular complexity index is 642. The lowest BCUT2D eigenvalue weighted by molar-refractivity contribution is -0.111. The lowest BCUT2D eigenvalue weighted by Crippen LogP contribution is -2.07. The van der Waals surface area contributed by atoms with Gasteiger partial charge in [-0.1, -0.05) is 26.2 Å². The van der Waals surface area contributed by atoms with E-state index in [1.165, 1.54) is 0 Å². The third-order valence-electron chi connectivity index (χ3n) is 4.10. The number of allylic oxidation sites excluding steroid dienone is 4. The first-order chi connectivity index (χ1) is 12.2. The Morgan fingerprint density at radius 2 is 1.80 bits per heavy atom. The molecule has 1 aromatic rings. The van der Waals surface area contributed by atoms with Crippen molar-refractivity contribution in [3.8, 4) is 0 Å². The molecule has 1 aromatic carbocycles. The van der Waals surface area contributed by atoms with Gasteiger partial charge >= 0.3 is 0 Å². The van der Waals surface area contributed by atoms with Crippen molar-refractivity contribution in [2.24, 2.45) is 4.99 Å². The first-order valence-corrected chi connectivity index (χ1v) is 9.19. The van der Waals surface area contributed by atoms with Crippen LogP contribution in [-0.4, -0.2) is 29.8 Å². The highest BCUT2D eigenvalue weighted by Crippen LogP contribution is 2.19. The van der Waals surface area contributed by atoms with E-state index in [0.717, 1.165) is 67.7 Å². The van der Waals surface area contributed by atoms with E-state index in [4.69, 9.17) is 5.11 Å². The maximum atomic E-state index is 11.8. The molecule has 0 bridgehead atoms. The molecule has 4 nitrogen and oxygen atoms in total. The van der Waals surface area contributed by atoms with Crippen molar-refractivity contribution in [3.05, 3.63) is 48.1 Å². The highest BCUT2D eigenvalue weighted by molar-refractivity contribution is 6.19. The molecule has 0 amide bonds. The van der Waals surface area contributed by atoms with Crippen LogP contribution in [0.2, 0.25) is 0 Å². The average molecular weight is 340 g/mol. The van der Waals surface area contributed by atoms with E-state index in [2.05, 4.69) is 17.2 Å². The van der Waals surface area contributed by atoms with Crippen LogP contribution < -0.4 is 5.32 Å². The standard InChI is InChI=1S/C21H28N2O2/c1-2-7-17-16-20(12-13-21(17)25)23-19-10-8-18(9-11-19)22-14-5-3-4-6-15-24/h8-13,16,22,24H,2-7,14-15H2,1H3. The van der Waals surface area contributed by atoms with Gasteiger partial charge in [-0.2, -0.15) is 0 Å². The Kier molecular flexibility index (Phi) is 8.13. The van der Waals surface area contributed by atoms with Gasteiger partial charge in [0.05, 0.1) is 11.4 Å². The number of anilines is 1. The maximum absolute atomic E-state index is 11.8. The molecule has 2 N–H and O–H groups in total. The van der Waals surface area contributed by atoms with Crippen LogP contribution in [0.15, 0.2) is 53.1 Å². The fourth-order valence-corrected chi connectivity index (χ4v) is 2.73. The number of nitrogens with zero attached hydrogens (tertiary/aromatic N) is 1. The minimum absolute atomic E-state index is 0.0966. The van der Waals surface area contributed by atoms with Crippen LogP contribution in [-0.2, 0) is 4.79 Å². The molecule has 0 aliphatic heterocycles. The van der Waals surface area contributed by atoms with Crippen molar-refractivity contribution in [3.63, 3.8) is 0 Å². The lowest BCUT2D eigenvalue weighted by atomic mass is 9.99. The van der Waals surface area contributed by atoms with Crippen LogP contribution in [0.1, 0.15) is 45.4 Å². The molecular formula is C21H28N2O2. The molecule has 1 aliphatic carbocycles. The van der Waals surface area contributed by atoms with Gasteiger partial charge in [-0.3, -0.25) is 4.79 Å². The summed E-state index contributed by atoms with van der Waals surface area (Å²) < 4.78 is 0. The summed E-state index contributed by atoms with van der Waals surface area (Å²) in [5.74, 6) is 0.0966. The van der Waals surface area contributed by atoms with Gasteiger partial charge in [-0.25, -0.2) is 4.99 Å². The van der Waals surface area contributed by atoms with E-state index in [0.29, 0.717) is 0 Å². The summed E-state index contributed by atoms with van der Waals surface area (Å²) in [6.07, 6.45) is 11.2. The summed E-state index contributed by atoms with van der Waals surface area (Å²) in [7, 11) is 0. The van der Waals surface area contributed by atoms with Crippen LogP contribution >= 0.6 is 0 Å². The Morgan fingerprint density at radius 3 is 2.52 bits per heavy atom. The Morgan fingerprint density at radius 1 is 1.04 bits per heavy atom. The largest absolute Gasteiger partial charge is 0.396 e. The Balaban J connectivity index is 1.87. The fraction of sp³-hybridized carbons (Fsp3) is 0.429. The number of aliphatic hydroxyl groups is 1. The molecule has 0 radical (unpaired) electrons. The first-order valence-electron chi connectivity index (χ1n) is 9.19. The number of carbonyl (C=O) groups excluding carboxylic acids is 1. The molecule has 1 aliphatic rings. The predicted octanol–water partition coefficient (Wildman–Crippen LogP) is 4.59. The highest BCUT2D eigenvalue weighted by atomic mass is 16.2. The molecule has 0 atom stereocenters. The quantitative estimate of drug-likeness (QED) is 0.484. The van der Waals surface area contributed by atoms with Crippen molar-refractivity contribution < 1.29 is 9.90 Å². The number of ketones is 1. The summed E-state index contributed by atoms with van der Waals surface area (Å²) in [6, 6.07) is 8.03. The molecule has 4 heteroatoms. The number of nitrogens with one attached hydrogen (secondary N) is 1. The van der Waals surface area contributed by atoms with Crippen LogP contribution in [0.25, 0.3) is 0 Å². The first kappa shape index (κ1) is 19.1. The minimum atomic E-state index is 0.0966. The molecule has 0 heterocycles. The van der Waals surface area contributed by atoms with E-state index in [-0.39, 0.29) is 12.4 Å². The van der Waals surface area contributed by atoms with Crippen LogP contribution in [0, 0.1) is 0 Å². The molecule has 0 unspecified atom stereocenters. The van der Waals surface area contributed by atoms with Gasteiger partial charge < -0.3 is 10.4 Å². The monoisotopic (exact) mass is 340 g/mol. The molecule has 0 fully saturated rings. The molecule has 0 aromatic heterocycles. The number of hydrogen-bond donors (Lipinski definition) is 2. The highest BCUT2D eigenvalue weighted by Gasteiger charge is 2.10. The van der Waals surface area contributed by atoms with Gasteiger partial charge in [0, 0.05) is 24.4 Å². The topological polar surface area (TPSA) is 61.7 Å². The van der Waals surface area contributed by atoms with E-state index in [9.17, 15) is 4.79 Å². The van der Waals surface area contributed by atoms with Gasteiger partial charge in [0.1, 0.15) is 0 Å². The average Bonchev–Trinajstić information content (AvgIpc) is 2.62. The number of aliphatic imine (C=N–C) groups is 1. The third-order valence-corrected chi connectivity index (χ3v) is 4.10. The number of hydrogen-bond acceptors (Lipinski definition) is 4. The van der Waals surface area contributed by atoms with Crippen LogP contribution in [0.5, 0.6) is 0 Å². The molecule has 0 spiro atoms. The van der Waals surface area contributed by atoms with Crippen LogP contribution in [0.4, 0.5) is 11.4 Å². The zero-order valence-corrected chi connectivity index (χ0v) is 15.0. The molecule has 0 saturated heterocycles. The predicted molar refractivity (Wildman–Crippen MR) is 105 cm³/mol. The lowest BCUT2D eigenvalue weighted by Gasteiger charge is -2.08. The summed E-state index contributed by atoms with van der Waals surface area (Å²) in [4.78, 5) is 16.4. The van der Waals surface area contributed by atoms with E-state index in [1.807, 2.05) is 30.3 Å². The van der Waals surface area contributed by atoms with E-state index >= 15 is 0 Å². The van der Waals surface area contributed by atoms with Crippen molar-refractivity contribution in [2.75, 3.05) is 18.5 Å². The van der Waals surface area contributed by atoms with Gasteiger partial charge in [0.25, 0.3) is 0 Å². The summed E-state index contributed by atoms with van der Waals surface area (Å²) in [6.45, 7) is 3.30. The molecule has 2 rings (SSSR count). The molecule has 0 saturated carbocycles. The smallest absolute Gasteiger partial charge is 0.181 e. The SMILES string of the molecule is CCCC1=CC(=Nc2ccc(NCCCCCCO)cc2)C=CC1=O. The summed E-state index contributed by atoms with van der Waals surface area (Å²) >= 11 is 0. The molecule has 25 heavy (non-hydrogen) atoms. The zero-order valence-electron chi connectivity index (χ0n) is 15.0. The fourth-order valence-electron chi connectivity index (χ4n) is 2.73. The van der Waals surface area contributed by atoms with Gasteiger partial charge in [-0.15, -0.1) is 0 Å². The van der Waals surface area contributed by atoms with Gasteiger partial charge in [0.15, 0.2) is 5.78 Å². The second kappa shape index (κ2) is 10.6.